The second-order valence-corrected chi connectivity index (χ2v) is 7.73. The number of carbonyl (C=O) groups is 1. The number of carbonyl (C=O) groups excluding carboxylic acids is 1. The Morgan fingerprint density at radius 2 is 2.05 bits per heavy atom. The number of sulfone groups is 1. The molecule has 1 aliphatic heterocycles. The Morgan fingerprint density at radius 1 is 1.32 bits per heavy atom. The highest BCUT2D eigenvalue weighted by Gasteiger charge is 2.33. The van der Waals surface area contributed by atoms with E-state index in [1.165, 1.54) is 0 Å². The first kappa shape index (κ1) is 16.8. The average molecular weight is 325 g/mol. The zero-order valence-electron chi connectivity index (χ0n) is 12.9. The summed E-state index contributed by atoms with van der Waals surface area (Å²) in [5.41, 5.74) is 0. The molecule has 0 aromatic heterocycles. The summed E-state index contributed by atoms with van der Waals surface area (Å²) in [6.45, 7) is 2.93. The highest BCUT2D eigenvalue weighted by atomic mass is 32.2. The largest absolute Gasteiger partial charge is 0.494 e. The van der Waals surface area contributed by atoms with Crippen LogP contribution in [0, 0.1) is 0 Å². The van der Waals surface area contributed by atoms with Gasteiger partial charge in [-0.25, -0.2) is 8.42 Å². The summed E-state index contributed by atoms with van der Waals surface area (Å²) >= 11 is 0. The molecule has 6 heteroatoms. The molecule has 0 aliphatic carbocycles. The minimum atomic E-state index is -2.96. The molecule has 1 amide bonds. The zero-order valence-corrected chi connectivity index (χ0v) is 13.7. The molecule has 5 nitrogen and oxygen atoms in total. The topological polar surface area (TPSA) is 63.7 Å². The zero-order chi connectivity index (χ0) is 16.0. The normalized spacial score (nSPS) is 19.8. The molecule has 22 heavy (non-hydrogen) atoms. The number of hydrogen-bond acceptors (Lipinski definition) is 4. The lowest BCUT2D eigenvalue weighted by Crippen LogP contribution is -2.41. The van der Waals surface area contributed by atoms with Gasteiger partial charge in [0.1, 0.15) is 5.75 Å². The van der Waals surface area contributed by atoms with E-state index in [0.717, 1.165) is 5.75 Å². The summed E-state index contributed by atoms with van der Waals surface area (Å²) in [5.74, 6) is 1.11. The molecule has 0 bridgehead atoms. The molecule has 0 spiro atoms. The molecule has 1 saturated heterocycles. The fraction of sp³-hybridized carbons (Fsp3) is 0.562. The van der Waals surface area contributed by atoms with Crippen molar-refractivity contribution in [3.8, 4) is 5.75 Å². The van der Waals surface area contributed by atoms with E-state index in [9.17, 15) is 13.2 Å². The van der Waals surface area contributed by atoms with Crippen LogP contribution in [0.3, 0.4) is 0 Å². The van der Waals surface area contributed by atoms with Crippen LogP contribution in [0.4, 0.5) is 0 Å². The number of ether oxygens (including phenoxy) is 1. The van der Waals surface area contributed by atoms with Crippen LogP contribution in [0.15, 0.2) is 30.3 Å². The molecule has 0 N–H and O–H groups in total. The molecule has 2 rings (SSSR count). The van der Waals surface area contributed by atoms with Crippen molar-refractivity contribution < 1.29 is 17.9 Å². The fourth-order valence-electron chi connectivity index (χ4n) is 2.73. The summed E-state index contributed by atoms with van der Waals surface area (Å²) in [7, 11) is -2.96. The molecule has 1 aromatic rings. The van der Waals surface area contributed by atoms with Gasteiger partial charge in [-0.15, -0.1) is 0 Å². The van der Waals surface area contributed by atoms with Crippen molar-refractivity contribution >= 4 is 15.7 Å². The Bertz CT molecular complexity index is 585. The van der Waals surface area contributed by atoms with E-state index >= 15 is 0 Å². The number of nitrogens with zero attached hydrogens (tertiary/aromatic N) is 1. The average Bonchev–Trinajstić information content (AvgIpc) is 2.85. The van der Waals surface area contributed by atoms with Crippen molar-refractivity contribution in [3.63, 3.8) is 0 Å². The summed E-state index contributed by atoms with van der Waals surface area (Å²) in [6.07, 6.45) is 1.57. The van der Waals surface area contributed by atoms with Crippen molar-refractivity contribution in [2.45, 2.75) is 32.2 Å². The van der Waals surface area contributed by atoms with Crippen LogP contribution in [0.25, 0.3) is 0 Å². The van der Waals surface area contributed by atoms with Gasteiger partial charge in [0.05, 0.1) is 18.1 Å². The monoisotopic (exact) mass is 325 g/mol. The van der Waals surface area contributed by atoms with Crippen LogP contribution in [0.2, 0.25) is 0 Å². The van der Waals surface area contributed by atoms with Crippen LogP contribution < -0.4 is 4.74 Å². The molecule has 1 heterocycles. The minimum Gasteiger partial charge on any atom is -0.494 e. The van der Waals surface area contributed by atoms with Crippen LogP contribution in [-0.2, 0) is 14.6 Å². The molecule has 122 valence electrons. The Labute approximate surface area is 132 Å². The number of rotatable bonds is 7. The third kappa shape index (κ3) is 4.73. The van der Waals surface area contributed by atoms with Gasteiger partial charge < -0.3 is 9.64 Å². The lowest BCUT2D eigenvalue weighted by Gasteiger charge is -2.26. The molecule has 1 aliphatic rings. The van der Waals surface area contributed by atoms with Gasteiger partial charge in [-0.3, -0.25) is 4.79 Å². The summed E-state index contributed by atoms with van der Waals surface area (Å²) in [4.78, 5) is 14.0. The first-order valence-electron chi connectivity index (χ1n) is 7.69. The fourth-order valence-corrected chi connectivity index (χ4v) is 4.46. The van der Waals surface area contributed by atoms with Crippen molar-refractivity contribution in [2.75, 3.05) is 24.7 Å². The Kier molecular flexibility index (Phi) is 5.83. The molecule has 0 radical (unpaired) electrons. The highest BCUT2D eigenvalue weighted by molar-refractivity contribution is 7.91. The Hall–Kier alpha value is -1.56. The molecular weight excluding hydrogens is 302 g/mol. The number of benzene rings is 1. The molecular formula is C16H23NO4S. The first-order valence-corrected chi connectivity index (χ1v) is 9.51. The minimum absolute atomic E-state index is 0.0151. The molecule has 0 saturated carbocycles. The molecule has 1 fully saturated rings. The maximum atomic E-state index is 12.3. The summed E-state index contributed by atoms with van der Waals surface area (Å²) < 4.78 is 28.6. The van der Waals surface area contributed by atoms with Gasteiger partial charge in [0, 0.05) is 19.0 Å². The Balaban J connectivity index is 1.75. The van der Waals surface area contributed by atoms with Crippen LogP contribution in [0.5, 0.6) is 5.75 Å². The van der Waals surface area contributed by atoms with Gasteiger partial charge >= 0.3 is 0 Å². The van der Waals surface area contributed by atoms with E-state index in [2.05, 4.69) is 0 Å². The number of amides is 1. The summed E-state index contributed by atoms with van der Waals surface area (Å²) in [5, 5.41) is 0. The smallest absolute Gasteiger partial charge is 0.222 e. The maximum absolute atomic E-state index is 12.3. The van der Waals surface area contributed by atoms with E-state index in [1.807, 2.05) is 37.3 Å². The second-order valence-electron chi connectivity index (χ2n) is 5.50. The van der Waals surface area contributed by atoms with Crippen molar-refractivity contribution in [1.82, 2.24) is 4.90 Å². The quantitative estimate of drug-likeness (QED) is 0.718. The lowest BCUT2D eigenvalue weighted by molar-refractivity contribution is -0.133. The Morgan fingerprint density at radius 3 is 2.64 bits per heavy atom. The van der Waals surface area contributed by atoms with E-state index in [-0.39, 0.29) is 23.5 Å². The third-order valence-corrected chi connectivity index (χ3v) is 5.61. The van der Waals surface area contributed by atoms with E-state index in [1.54, 1.807) is 4.90 Å². The predicted octanol–water partition coefficient (Wildman–Crippen LogP) is 1.88. The van der Waals surface area contributed by atoms with E-state index < -0.39 is 9.84 Å². The van der Waals surface area contributed by atoms with Crippen LogP contribution in [-0.4, -0.2) is 49.9 Å². The van der Waals surface area contributed by atoms with Crippen molar-refractivity contribution in [2.24, 2.45) is 0 Å². The molecule has 1 aromatic carbocycles. The van der Waals surface area contributed by atoms with Crippen molar-refractivity contribution in [1.29, 1.82) is 0 Å². The first-order chi connectivity index (χ1) is 10.5. The van der Waals surface area contributed by atoms with Gasteiger partial charge in [-0.05, 0) is 31.9 Å². The van der Waals surface area contributed by atoms with Gasteiger partial charge in [-0.1, -0.05) is 18.2 Å². The van der Waals surface area contributed by atoms with Crippen LogP contribution >= 0.6 is 0 Å². The number of hydrogen-bond donors (Lipinski definition) is 0. The third-order valence-electron chi connectivity index (χ3n) is 3.86. The second kappa shape index (κ2) is 7.63. The van der Waals surface area contributed by atoms with Gasteiger partial charge in [0.15, 0.2) is 9.84 Å². The van der Waals surface area contributed by atoms with E-state index in [0.29, 0.717) is 32.4 Å². The van der Waals surface area contributed by atoms with Crippen molar-refractivity contribution in [3.05, 3.63) is 30.3 Å². The van der Waals surface area contributed by atoms with Gasteiger partial charge in [-0.2, -0.15) is 0 Å². The predicted molar refractivity (Wildman–Crippen MR) is 85.6 cm³/mol. The highest BCUT2D eigenvalue weighted by Crippen LogP contribution is 2.19. The summed E-state index contributed by atoms with van der Waals surface area (Å²) in [6, 6.07) is 9.33. The van der Waals surface area contributed by atoms with Gasteiger partial charge in [0.25, 0.3) is 0 Å². The lowest BCUT2D eigenvalue weighted by atomic mass is 10.2. The molecule has 1 unspecified atom stereocenters. The van der Waals surface area contributed by atoms with Crippen LogP contribution in [0.1, 0.15) is 26.2 Å². The molecule has 1 atom stereocenters. The standard InChI is InChI=1S/C16H23NO4S/c1-2-17(14-10-12-22(19,20)13-14)16(18)9-6-11-21-15-7-4-3-5-8-15/h3-5,7-8,14H,2,6,9-13H2,1H3. The van der Waals surface area contributed by atoms with E-state index in [4.69, 9.17) is 4.74 Å². The SMILES string of the molecule is CCN(C(=O)CCCOc1ccccc1)C1CCS(=O)(=O)C1. The number of para-hydroxylation sites is 1. The van der Waals surface area contributed by atoms with Gasteiger partial charge in [0.2, 0.25) is 5.91 Å². The maximum Gasteiger partial charge on any atom is 0.222 e.